The van der Waals surface area contributed by atoms with E-state index in [-0.39, 0.29) is 11.8 Å². The fraction of sp³-hybridized carbons (Fsp3) is 0.294. The van der Waals surface area contributed by atoms with Gasteiger partial charge in [0.25, 0.3) is 0 Å². The van der Waals surface area contributed by atoms with Crippen LogP contribution in [0.2, 0.25) is 0 Å². The summed E-state index contributed by atoms with van der Waals surface area (Å²) in [5.74, 6) is -1.38. The third-order valence-corrected chi connectivity index (χ3v) is 4.03. The number of aromatic nitrogens is 1. The third-order valence-electron chi connectivity index (χ3n) is 4.03. The Morgan fingerprint density at radius 2 is 1.92 bits per heavy atom. The number of carbonyl (C=O) groups is 1. The van der Waals surface area contributed by atoms with Gasteiger partial charge in [0.1, 0.15) is 11.6 Å². The van der Waals surface area contributed by atoms with Crippen molar-refractivity contribution < 1.29 is 18.7 Å². The van der Waals surface area contributed by atoms with E-state index < -0.39 is 11.6 Å². The second-order valence-electron chi connectivity index (χ2n) is 5.76. The van der Waals surface area contributed by atoms with Gasteiger partial charge >= 0.3 is 6.03 Å². The largest absolute Gasteiger partial charge is 0.506 e. The molecule has 1 aromatic carbocycles. The van der Waals surface area contributed by atoms with Crippen LogP contribution in [-0.2, 0) is 0 Å². The van der Waals surface area contributed by atoms with Crippen molar-refractivity contribution in [3.63, 3.8) is 0 Å². The van der Waals surface area contributed by atoms with E-state index in [0.29, 0.717) is 44.1 Å². The zero-order chi connectivity index (χ0) is 17.8. The topological polar surface area (TPSA) is 68.7 Å². The van der Waals surface area contributed by atoms with Gasteiger partial charge in [-0.1, -0.05) is 0 Å². The Balaban J connectivity index is 1.61. The molecular weight excluding hydrogens is 330 g/mol. The molecule has 1 aliphatic rings. The lowest BCUT2D eigenvalue weighted by Crippen LogP contribution is -2.38. The number of urea groups is 1. The molecule has 1 fully saturated rings. The first-order valence-electron chi connectivity index (χ1n) is 7.94. The Kier molecular flexibility index (Phi) is 4.97. The Morgan fingerprint density at radius 3 is 2.64 bits per heavy atom. The highest BCUT2D eigenvalue weighted by molar-refractivity contribution is 5.88. The van der Waals surface area contributed by atoms with E-state index >= 15 is 0 Å². The summed E-state index contributed by atoms with van der Waals surface area (Å²) < 4.78 is 26.5. The number of aromatic hydroxyl groups is 1. The average Bonchev–Trinajstić information content (AvgIpc) is 2.85. The van der Waals surface area contributed by atoms with Gasteiger partial charge in [0.05, 0.1) is 6.20 Å². The average molecular weight is 348 g/mol. The van der Waals surface area contributed by atoms with E-state index in [4.69, 9.17) is 0 Å². The van der Waals surface area contributed by atoms with Gasteiger partial charge in [0.15, 0.2) is 11.6 Å². The fourth-order valence-corrected chi connectivity index (χ4v) is 2.71. The van der Waals surface area contributed by atoms with Gasteiger partial charge in [0, 0.05) is 37.9 Å². The smallest absolute Gasteiger partial charge is 0.323 e. The van der Waals surface area contributed by atoms with E-state index in [9.17, 15) is 18.7 Å². The number of hydrogen-bond donors (Lipinski definition) is 2. The lowest BCUT2D eigenvalue weighted by Gasteiger charge is -2.24. The molecule has 2 heterocycles. The van der Waals surface area contributed by atoms with Crippen LogP contribution >= 0.6 is 0 Å². The van der Waals surface area contributed by atoms with E-state index in [1.807, 2.05) is 4.90 Å². The minimum atomic E-state index is -0.880. The molecule has 1 saturated heterocycles. The highest BCUT2D eigenvalue weighted by Gasteiger charge is 2.20. The molecule has 0 unspecified atom stereocenters. The van der Waals surface area contributed by atoms with Crippen LogP contribution in [0.4, 0.5) is 25.1 Å². The maximum atomic E-state index is 13.4. The number of benzene rings is 1. The number of pyridine rings is 1. The van der Waals surface area contributed by atoms with Crippen LogP contribution in [0.1, 0.15) is 6.42 Å². The van der Waals surface area contributed by atoms with E-state index in [0.717, 1.165) is 6.07 Å². The fourth-order valence-electron chi connectivity index (χ4n) is 2.71. The molecule has 0 saturated carbocycles. The molecule has 2 N–H and O–H groups in total. The van der Waals surface area contributed by atoms with Crippen molar-refractivity contribution in [2.24, 2.45) is 0 Å². The maximum absolute atomic E-state index is 13.4. The molecule has 132 valence electrons. The molecule has 2 aromatic rings. The van der Waals surface area contributed by atoms with Crippen LogP contribution in [0, 0.1) is 11.6 Å². The summed E-state index contributed by atoms with van der Waals surface area (Å²) in [6, 6.07) is 6.48. The molecule has 0 aliphatic carbocycles. The van der Waals surface area contributed by atoms with Gasteiger partial charge in [-0.05, 0) is 30.7 Å². The van der Waals surface area contributed by atoms with E-state index in [1.54, 1.807) is 4.90 Å². The molecule has 3 rings (SSSR count). The number of anilines is 2. The number of rotatable bonds is 2. The van der Waals surface area contributed by atoms with Crippen molar-refractivity contribution in [2.45, 2.75) is 6.42 Å². The molecule has 8 heteroatoms. The van der Waals surface area contributed by atoms with Crippen LogP contribution in [-0.4, -0.2) is 47.2 Å². The summed E-state index contributed by atoms with van der Waals surface area (Å²) in [4.78, 5) is 19.8. The highest BCUT2D eigenvalue weighted by Crippen LogP contribution is 2.20. The minimum absolute atomic E-state index is 0.0231. The zero-order valence-electron chi connectivity index (χ0n) is 13.5. The predicted octanol–water partition coefficient (Wildman–Crippen LogP) is 2.81. The molecule has 6 nitrogen and oxygen atoms in total. The standard InChI is InChI=1S/C17H18F2N4O2/c18-14-4-2-12(10-15(14)19)22-6-1-7-23(9-8-22)17(25)21-16-5-3-13(24)11-20-16/h2-5,10-11,24H,1,6-9H2,(H,20,21,25). The molecule has 0 radical (unpaired) electrons. The van der Waals surface area contributed by atoms with Crippen molar-refractivity contribution in [3.05, 3.63) is 48.2 Å². The monoisotopic (exact) mass is 348 g/mol. The van der Waals surface area contributed by atoms with Crippen molar-refractivity contribution in [3.8, 4) is 5.75 Å². The van der Waals surface area contributed by atoms with Gasteiger partial charge in [-0.3, -0.25) is 5.32 Å². The Morgan fingerprint density at radius 1 is 1.08 bits per heavy atom. The number of nitrogens with one attached hydrogen (secondary N) is 1. The van der Waals surface area contributed by atoms with Crippen LogP contribution in [0.15, 0.2) is 36.5 Å². The summed E-state index contributed by atoms with van der Waals surface area (Å²) in [6.07, 6.45) is 1.96. The van der Waals surface area contributed by atoms with E-state index in [2.05, 4.69) is 10.3 Å². The molecule has 0 spiro atoms. The molecule has 2 amide bonds. The van der Waals surface area contributed by atoms with Gasteiger partial charge in [-0.2, -0.15) is 0 Å². The number of amides is 2. The number of halogens is 2. The first-order chi connectivity index (χ1) is 12.0. The minimum Gasteiger partial charge on any atom is -0.506 e. The molecule has 0 bridgehead atoms. The molecule has 25 heavy (non-hydrogen) atoms. The quantitative estimate of drug-likeness (QED) is 0.876. The highest BCUT2D eigenvalue weighted by atomic mass is 19.2. The maximum Gasteiger partial charge on any atom is 0.323 e. The number of carbonyl (C=O) groups excluding carboxylic acids is 1. The van der Waals surface area contributed by atoms with Crippen molar-refractivity contribution in [2.75, 3.05) is 36.4 Å². The number of hydrogen-bond acceptors (Lipinski definition) is 4. The van der Waals surface area contributed by atoms with Gasteiger partial charge in [0.2, 0.25) is 0 Å². The van der Waals surface area contributed by atoms with Crippen LogP contribution in [0.3, 0.4) is 0 Å². The summed E-state index contributed by atoms with van der Waals surface area (Å²) >= 11 is 0. The SMILES string of the molecule is O=C(Nc1ccc(O)cn1)N1CCCN(c2ccc(F)c(F)c2)CC1. The van der Waals surface area contributed by atoms with Crippen molar-refractivity contribution in [1.29, 1.82) is 0 Å². The molecule has 1 aliphatic heterocycles. The Labute approximate surface area is 143 Å². The summed E-state index contributed by atoms with van der Waals surface area (Å²) in [7, 11) is 0. The van der Waals surface area contributed by atoms with Crippen LogP contribution < -0.4 is 10.2 Å². The summed E-state index contributed by atoms with van der Waals surface area (Å²) in [6.45, 7) is 2.15. The third kappa shape index (κ3) is 4.14. The zero-order valence-corrected chi connectivity index (χ0v) is 13.5. The van der Waals surface area contributed by atoms with E-state index in [1.165, 1.54) is 30.5 Å². The molecule has 0 atom stereocenters. The first kappa shape index (κ1) is 16.9. The Hall–Kier alpha value is -2.90. The predicted molar refractivity (Wildman–Crippen MR) is 89.7 cm³/mol. The molecular formula is C17H18F2N4O2. The number of nitrogens with zero attached hydrogens (tertiary/aromatic N) is 3. The summed E-state index contributed by atoms with van der Waals surface area (Å²) in [5, 5.41) is 11.9. The first-order valence-corrected chi connectivity index (χ1v) is 7.94. The van der Waals surface area contributed by atoms with Gasteiger partial charge in [-0.15, -0.1) is 0 Å². The van der Waals surface area contributed by atoms with Gasteiger partial charge in [-0.25, -0.2) is 18.6 Å². The van der Waals surface area contributed by atoms with Crippen LogP contribution in [0.25, 0.3) is 0 Å². The van der Waals surface area contributed by atoms with Gasteiger partial charge < -0.3 is 14.9 Å². The van der Waals surface area contributed by atoms with Crippen LogP contribution in [0.5, 0.6) is 5.75 Å². The lowest BCUT2D eigenvalue weighted by atomic mass is 10.2. The Bertz CT molecular complexity index is 755. The summed E-state index contributed by atoms with van der Waals surface area (Å²) in [5.41, 5.74) is 0.598. The van der Waals surface area contributed by atoms with Crippen molar-refractivity contribution in [1.82, 2.24) is 9.88 Å². The second-order valence-corrected chi connectivity index (χ2v) is 5.76. The second kappa shape index (κ2) is 7.33. The normalized spacial score (nSPS) is 15.0. The molecule has 1 aromatic heterocycles. The lowest BCUT2D eigenvalue weighted by molar-refractivity contribution is 0.215. The van der Waals surface area contributed by atoms with Crippen molar-refractivity contribution >= 4 is 17.5 Å².